The van der Waals surface area contributed by atoms with Crippen LogP contribution in [0.1, 0.15) is 25.6 Å². The Morgan fingerprint density at radius 1 is 1.40 bits per heavy atom. The maximum Gasteiger partial charge on any atom is 0.338 e. The minimum atomic E-state index is -0.683. The van der Waals surface area contributed by atoms with Crippen molar-refractivity contribution in [2.24, 2.45) is 0 Å². The highest BCUT2D eigenvalue weighted by molar-refractivity contribution is 9.10. The van der Waals surface area contributed by atoms with Crippen molar-refractivity contribution >= 4 is 45.2 Å². The van der Waals surface area contributed by atoms with Crippen molar-refractivity contribution < 1.29 is 14.3 Å². The third-order valence-corrected chi connectivity index (χ3v) is 4.79. The molecular weight excluding hydrogens is 408 g/mol. The minimum absolute atomic E-state index is 0.240. The molecule has 2 amide bonds. The largest absolute Gasteiger partial charge is 0.463 e. The Morgan fingerprint density at radius 2 is 2.12 bits per heavy atom. The summed E-state index contributed by atoms with van der Waals surface area (Å²) in [6.45, 7) is 3.70. The Balaban J connectivity index is 2.10. The van der Waals surface area contributed by atoms with E-state index in [4.69, 9.17) is 4.74 Å². The quantitative estimate of drug-likeness (QED) is 0.762. The van der Waals surface area contributed by atoms with E-state index in [1.165, 1.54) is 4.90 Å². The molecule has 9 heteroatoms. The van der Waals surface area contributed by atoms with Crippen molar-refractivity contribution in [1.29, 1.82) is 0 Å². The first kappa shape index (κ1) is 17.6. The number of amides is 2. The zero-order valence-electron chi connectivity index (χ0n) is 13.5. The van der Waals surface area contributed by atoms with Gasteiger partial charge in [-0.05, 0) is 49.6 Å². The van der Waals surface area contributed by atoms with Crippen LogP contribution in [-0.4, -0.2) is 28.2 Å². The molecule has 0 radical (unpaired) electrons. The van der Waals surface area contributed by atoms with Crippen LogP contribution in [0.15, 0.2) is 45.4 Å². The van der Waals surface area contributed by atoms with Crippen molar-refractivity contribution in [1.82, 2.24) is 14.9 Å². The molecule has 1 aliphatic heterocycles. The monoisotopic (exact) mass is 422 g/mol. The van der Waals surface area contributed by atoms with Gasteiger partial charge >= 0.3 is 12.0 Å². The summed E-state index contributed by atoms with van der Waals surface area (Å²) in [5.74, 6) is -0.486. The highest BCUT2D eigenvalue weighted by atomic mass is 79.9. The molecule has 1 aromatic carbocycles. The predicted octanol–water partition coefficient (Wildman–Crippen LogP) is 3.41. The zero-order valence-corrected chi connectivity index (χ0v) is 15.9. The number of aromatic nitrogens is 2. The van der Waals surface area contributed by atoms with Crippen LogP contribution in [-0.2, 0) is 9.53 Å². The Morgan fingerprint density at radius 3 is 2.72 bits per heavy atom. The molecule has 0 saturated carbocycles. The topological polar surface area (TPSA) is 84.4 Å². The number of hydrogen-bond acceptors (Lipinski definition) is 6. The molecule has 0 spiro atoms. The molecule has 1 aromatic heterocycles. The maximum atomic E-state index is 12.7. The number of esters is 1. The molecule has 0 fully saturated rings. The van der Waals surface area contributed by atoms with Gasteiger partial charge in [0.25, 0.3) is 0 Å². The lowest BCUT2D eigenvalue weighted by Gasteiger charge is -2.34. The van der Waals surface area contributed by atoms with Gasteiger partial charge in [0.2, 0.25) is 0 Å². The minimum Gasteiger partial charge on any atom is -0.463 e. The van der Waals surface area contributed by atoms with Crippen molar-refractivity contribution in [3.63, 3.8) is 0 Å². The number of benzene rings is 1. The number of nitrogens with zero attached hydrogens (tertiary/aromatic N) is 3. The molecule has 3 rings (SSSR count). The van der Waals surface area contributed by atoms with E-state index in [1.54, 1.807) is 31.4 Å². The van der Waals surface area contributed by atoms with Crippen LogP contribution < -0.4 is 10.2 Å². The third-order valence-electron chi connectivity index (χ3n) is 3.74. The van der Waals surface area contributed by atoms with Gasteiger partial charge in [-0.1, -0.05) is 20.4 Å². The van der Waals surface area contributed by atoms with Crippen LogP contribution in [0, 0.1) is 0 Å². The lowest BCUT2D eigenvalue weighted by atomic mass is 9.99. The summed E-state index contributed by atoms with van der Waals surface area (Å²) in [5.41, 5.74) is 2.01. The van der Waals surface area contributed by atoms with Crippen LogP contribution in [0.25, 0.3) is 0 Å². The first-order valence-corrected chi connectivity index (χ1v) is 9.17. The summed E-state index contributed by atoms with van der Waals surface area (Å²) < 4.78 is 9.91. The fourth-order valence-corrected chi connectivity index (χ4v) is 3.38. The van der Waals surface area contributed by atoms with Gasteiger partial charge in [-0.2, -0.15) is 0 Å². The number of rotatable bonds is 4. The van der Waals surface area contributed by atoms with E-state index in [9.17, 15) is 9.59 Å². The lowest BCUT2D eigenvalue weighted by molar-refractivity contribution is -0.139. The normalized spacial score (nSPS) is 17.5. The van der Waals surface area contributed by atoms with Gasteiger partial charge in [-0.25, -0.2) is 9.59 Å². The van der Waals surface area contributed by atoms with Crippen molar-refractivity contribution in [3.05, 3.63) is 51.1 Å². The van der Waals surface area contributed by atoms with Crippen molar-refractivity contribution in [2.75, 3.05) is 11.5 Å². The van der Waals surface area contributed by atoms with Gasteiger partial charge in [0.15, 0.2) is 0 Å². The van der Waals surface area contributed by atoms with Crippen molar-refractivity contribution in [3.8, 4) is 0 Å². The third kappa shape index (κ3) is 3.42. The average molecular weight is 423 g/mol. The Bertz CT molecular complexity index is 820. The van der Waals surface area contributed by atoms with E-state index in [2.05, 4.69) is 30.8 Å². The predicted molar refractivity (Wildman–Crippen MR) is 97.1 cm³/mol. The number of nitrogens with one attached hydrogen (secondary N) is 1. The first-order valence-electron chi connectivity index (χ1n) is 7.54. The summed E-state index contributed by atoms with van der Waals surface area (Å²) in [7, 11) is 0. The van der Waals surface area contributed by atoms with Gasteiger partial charge in [0, 0.05) is 15.5 Å². The zero-order chi connectivity index (χ0) is 18.0. The summed E-state index contributed by atoms with van der Waals surface area (Å²) >= 11 is 4.53. The van der Waals surface area contributed by atoms with Gasteiger partial charge < -0.3 is 10.1 Å². The fraction of sp³-hybridized carbons (Fsp3) is 0.250. The van der Waals surface area contributed by atoms with E-state index in [0.29, 0.717) is 22.7 Å². The summed E-state index contributed by atoms with van der Waals surface area (Å²) in [6.07, 6.45) is 0. The lowest BCUT2D eigenvalue weighted by Crippen LogP contribution is -2.48. The summed E-state index contributed by atoms with van der Waals surface area (Å²) in [4.78, 5) is 26.7. The molecule has 25 heavy (non-hydrogen) atoms. The number of ether oxygens (including phenoxy) is 1. The summed E-state index contributed by atoms with van der Waals surface area (Å²) in [6, 6.07) is 6.22. The SMILES string of the molecule is CCOC(=O)C1=C(C)N(c2ccc(Br)cc2)C(=O)NC1c1csnn1. The highest BCUT2D eigenvalue weighted by Gasteiger charge is 2.38. The van der Waals surface area contributed by atoms with E-state index >= 15 is 0 Å². The molecule has 1 atom stereocenters. The molecular formula is C16H15BrN4O3S. The molecule has 0 aliphatic carbocycles. The molecule has 1 unspecified atom stereocenters. The molecule has 0 bridgehead atoms. The number of hydrogen-bond donors (Lipinski definition) is 1. The molecule has 2 aromatic rings. The molecule has 7 nitrogen and oxygen atoms in total. The van der Waals surface area contributed by atoms with Gasteiger partial charge in [0.1, 0.15) is 11.7 Å². The van der Waals surface area contributed by atoms with Crippen LogP contribution in [0.3, 0.4) is 0 Å². The van der Waals surface area contributed by atoms with Crippen LogP contribution >= 0.6 is 27.5 Å². The number of anilines is 1. The average Bonchev–Trinajstić information content (AvgIpc) is 3.10. The van der Waals surface area contributed by atoms with Crippen LogP contribution in [0.2, 0.25) is 0 Å². The van der Waals surface area contributed by atoms with Gasteiger partial charge in [0.05, 0.1) is 17.9 Å². The smallest absolute Gasteiger partial charge is 0.338 e. The highest BCUT2D eigenvalue weighted by Crippen LogP contribution is 2.34. The first-order chi connectivity index (χ1) is 12.0. The number of urea groups is 1. The Hall–Kier alpha value is -2.26. The summed E-state index contributed by atoms with van der Waals surface area (Å²) in [5, 5.41) is 8.52. The van der Waals surface area contributed by atoms with E-state index < -0.39 is 12.0 Å². The number of carbonyl (C=O) groups is 2. The maximum absolute atomic E-state index is 12.7. The Labute approximate surface area is 157 Å². The molecule has 1 aliphatic rings. The Kier molecular flexibility index (Phi) is 5.14. The second-order valence-electron chi connectivity index (χ2n) is 5.24. The second kappa shape index (κ2) is 7.32. The second-order valence-corrected chi connectivity index (χ2v) is 6.77. The molecule has 2 heterocycles. The molecule has 130 valence electrons. The van der Waals surface area contributed by atoms with Crippen LogP contribution in [0.5, 0.6) is 0 Å². The van der Waals surface area contributed by atoms with Crippen LogP contribution in [0.4, 0.5) is 10.5 Å². The number of halogens is 1. The van der Waals surface area contributed by atoms with Crippen molar-refractivity contribution in [2.45, 2.75) is 19.9 Å². The number of allylic oxidation sites excluding steroid dienone is 1. The number of carbonyl (C=O) groups excluding carboxylic acids is 2. The fourth-order valence-electron chi connectivity index (χ4n) is 2.64. The molecule has 1 N–H and O–H groups in total. The van der Waals surface area contributed by atoms with Gasteiger partial charge in [-0.15, -0.1) is 5.10 Å². The van der Waals surface area contributed by atoms with E-state index in [-0.39, 0.29) is 12.6 Å². The molecule has 0 saturated heterocycles. The van der Waals surface area contributed by atoms with E-state index in [1.807, 2.05) is 12.1 Å². The van der Waals surface area contributed by atoms with Gasteiger partial charge in [-0.3, -0.25) is 4.90 Å². The standard InChI is InChI=1S/C16H15BrN4O3S/c1-3-24-15(22)13-9(2)21(11-6-4-10(17)5-7-11)16(23)18-14(13)12-8-25-20-19-12/h4-8,14H,3H2,1-2H3,(H,18,23). The van der Waals surface area contributed by atoms with E-state index in [0.717, 1.165) is 16.0 Å².